The predicted molar refractivity (Wildman–Crippen MR) is 105 cm³/mol. The first kappa shape index (κ1) is 20.0. The molecule has 29 heavy (non-hydrogen) atoms. The standard InChI is InChI=1S/C19H15F3N2O3S2/c20-12-3-1-11(2-4-12)7-18(25)23-19-24(15-6-5-13(21)8-14(15)22)16-9-29(26,27)10-17(16)28-19/h1-6,8,16-17H,7,9-10H2/t16-,17-/m1/s1. The summed E-state index contributed by atoms with van der Waals surface area (Å²) in [5, 5.41) is -0.227. The molecule has 0 saturated carbocycles. The van der Waals surface area contributed by atoms with Gasteiger partial charge in [-0.15, -0.1) is 0 Å². The fraction of sp³-hybridized carbons (Fsp3) is 0.263. The Kier molecular flexibility index (Phi) is 5.16. The number of amides is 1. The molecule has 0 bridgehead atoms. The lowest BCUT2D eigenvalue weighted by Gasteiger charge is -2.24. The van der Waals surface area contributed by atoms with Crippen LogP contribution in [0.4, 0.5) is 18.9 Å². The zero-order valence-electron chi connectivity index (χ0n) is 14.9. The second-order valence-corrected chi connectivity index (χ2v) is 10.2. The van der Waals surface area contributed by atoms with E-state index in [1.54, 1.807) is 0 Å². The molecule has 1 amide bonds. The normalized spacial score (nSPS) is 24.1. The number of hydrogen-bond acceptors (Lipinski definition) is 4. The average molecular weight is 440 g/mol. The van der Waals surface area contributed by atoms with Crippen LogP contribution in [0.2, 0.25) is 0 Å². The maximum absolute atomic E-state index is 14.4. The predicted octanol–water partition coefficient (Wildman–Crippen LogP) is 2.95. The molecule has 0 aliphatic carbocycles. The van der Waals surface area contributed by atoms with E-state index >= 15 is 0 Å². The summed E-state index contributed by atoms with van der Waals surface area (Å²) in [5.74, 6) is -2.89. The van der Waals surface area contributed by atoms with Crippen LogP contribution in [-0.2, 0) is 21.1 Å². The fourth-order valence-corrected chi connectivity index (χ4v) is 7.37. The molecule has 2 heterocycles. The van der Waals surface area contributed by atoms with Gasteiger partial charge in [-0.2, -0.15) is 4.99 Å². The van der Waals surface area contributed by atoms with E-state index in [0.29, 0.717) is 11.6 Å². The van der Waals surface area contributed by atoms with Gasteiger partial charge in [0.25, 0.3) is 5.91 Å². The molecule has 2 aromatic rings. The van der Waals surface area contributed by atoms with Crippen molar-refractivity contribution in [2.75, 3.05) is 16.4 Å². The largest absolute Gasteiger partial charge is 0.313 e. The third-order valence-corrected chi connectivity index (χ3v) is 7.93. The minimum atomic E-state index is -3.31. The van der Waals surface area contributed by atoms with Crippen LogP contribution >= 0.6 is 11.8 Å². The number of rotatable bonds is 3. The van der Waals surface area contributed by atoms with E-state index in [1.807, 2.05) is 0 Å². The topological polar surface area (TPSA) is 66.8 Å². The number of halogens is 3. The highest BCUT2D eigenvalue weighted by Gasteiger charge is 2.50. The Morgan fingerprint density at radius 1 is 1.07 bits per heavy atom. The number of sulfone groups is 1. The highest BCUT2D eigenvalue weighted by molar-refractivity contribution is 8.16. The lowest BCUT2D eigenvalue weighted by Crippen LogP contribution is -2.38. The quantitative estimate of drug-likeness (QED) is 0.734. The number of hydrogen-bond donors (Lipinski definition) is 0. The third-order valence-electron chi connectivity index (χ3n) is 4.72. The minimum absolute atomic E-state index is 0.0307. The Morgan fingerprint density at radius 3 is 2.45 bits per heavy atom. The van der Waals surface area contributed by atoms with Gasteiger partial charge in [0, 0.05) is 11.3 Å². The molecule has 0 spiro atoms. The van der Waals surface area contributed by atoms with Crippen LogP contribution in [0.25, 0.3) is 0 Å². The van der Waals surface area contributed by atoms with Crippen molar-refractivity contribution < 1.29 is 26.4 Å². The Labute approximate surface area is 169 Å². The Balaban J connectivity index is 1.66. The second kappa shape index (κ2) is 7.49. The van der Waals surface area contributed by atoms with Crippen molar-refractivity contribution in [3.63, 3.8) is 0 Å². The molecular formula is C19H15F3N2O3S2. The van der Waals surface area contributed by atoms with Gasteiger partial charge in [-0.05, 0) is 29.8 Å². The number of carbonyl (C=O) groups is 1. The number of fused-ring (bicyclic) bond motifs is 1. The van der Waals surface area contributed by atoms with E-state index in [0.717, 1.165) is 17.8 Å². The molecular weight excluding hydrogens is 425 g/mol. The van der Waals surface area contributed by atoms with Crippen molar-refractivity contribution in [3.8, 4) is 0 Å². The summed E-state index contributed by atoms with van der Waals surface area (Å²) in [7, 11) is -3.31. The van der Waals surface area contributed by atoms with Gasteiger partial charge in [-0.1, -0.05) is 23.9 Å². The molecule has 4 rings (SSSR count). The Hall–Kier alpha value is -2.33. The molecule has 2 fully saturated rings. The van der Waals surface area contributed by atoms with E-state index in [9.17, 15) is 26.4 Å². The molecule has 10 heteroatoms. The second-order valence-electron chi connectivity index (χ2n) is 6.86. The molecule has 0 N–H and O–H groups in total. The van der Waals surface area contributed by atoms with Crippen LogP contribution in [0.3, 0.4) is 0 Å². The SMILES string of the molecule is O=C(Cc1ccc(F)cc1)N=C1S[C@@H]2CS(=O)(=O)C[C@H]2N1c1ccc(F)cc1F. The van der Waals surface area contributed by atoms with Crippen LogP contribution in [-0.4, -0.2) is 42.3 Å². The van der Waals surface area contributed by atoms with E-state index in [1.165, 1.54) is 35.2 Å². The van der Waals surface area contributed by atoms with Crippen LogP contribution in [0.15, 0.2) is 47.5 Å². The van der Waals surface area contributed by atoms with Gasteiger partial charge < -0.3 is 4.90 Å². The lowest BCUT2D eigenvalue weighted by molar-refractivity contribution is -0.117. The highest BCUT2D eigenvalue weighted by Crippen LogP contribution is 2.41. The number of thioether (sulfide) groups is 1. The number of benzene rings is 2. The van der Waals surface area contributed by atoms with Crippen LogP contribution in [0.1, 0.15) is 5.56 Å². The molecule has 2 aromatic carbocycles. The van der Waals surface area contributed by atoms with E-state index in [2.05, 4.69) is 4.99 Å². The summed E-state index contributed by atoms with van der Waals surface area (Å²) in [4.78, 5) is 17.9. The van der Waals surface area contributed by atoms with Crippen molar-refractivity contribution in [2.24, 2.45) is 4.99 Å². The third kappa shape index (κ3) is 4.18. The van der Waals surface area contributed by atoms with Crippen LogP contribution < -0.4 is 4.90 Å². The maximum Gasteiger partial charge on any atom is 0.252 e. The molecule has 0 unspecified atom stereocenters. The van der Waals surface area contributed by atoms with Crippen LogP contribution in [0.5, 0.6) is 0 Å². The first-order valence-corrected chi connectivity index (χ1v) is 11.4. The molecule has 2 aliphatic rings. The molecule has 152 valence electrons. The van der Waals surface area contributed by atoms with Crippen molar-refractivity contribution in [1.29, 1.82) is 0 Å². The maximum atomic E-state index is 14.4. The zero-order chi connectivity index (χ0) is 20.8. The summed E-state index contributed by atoms with van der Waals surface area (Å²) < 4.78 is 64.8. The smallest absolute Gasteiger partial charge is 0.252 e. The monoisotopic (exact) mass is 440 g/mol. The van der Waals surface area contributed by atoms with Crippen molar-refractivity contribution in [2.45, 2.75) is 17.7 Å². The van der Waals surface area contributed by atoms with Crippen molar-refractivity contribution in [3.05, 3.63) is 65.5 Å². The van der Waals surface area contributed by atoms with Crippen molar-refractivity contribution in [1.82, 2.24) is 0 Å². The van der Waals surface area contributed by atoms with E-state index < -0.39 is 44.5 Å². The zero-order valence-corrected chi connectivity index (χ0v) is 16.5. The van der Waals surface area contributed by atoms with Crippen LogP contribution in [0, 0.1) is 17.5 Å². The van der Waals surface area contributed by atoms with Gasteiger partial charge in [-0.25, -0.2) is 21.6 Å². The van der Waals surface area contributed by atoms with Gasteiger partial charge >= 0.3 is 0 Å². The molecule has 0 aromatic heterocycles. The van der Waals surface area contributed by atoms with Gasteiger partial charge in [0.2, 0.25) is 0 Å². The Morgan fingerprint density at radius 2 is 1.76 bits per heavy atom. The van der Waals surface area contributed by atoms with Gasteiger partial charge in [0.1, 0.15) is 17.5 Å². The highest BCUT2D eigenvalue weighted by atomic mass is 32.2. The number of amidine groups is 1. The van der Waals surface area contributed by atoms with Gasteiger partial charge in [-0.3, -0.25) is 4.79 Å². The van der Waals surface area contributed by atoms with Crippen molar-refractivity contribution >= 4 is 38.4 Å². The number of nitrogens with zero attached hydrogens (tertiary/aromatic N) is 2. The summed E-state index contributed by atoms with van der Waals surface area (Å²) >= 11 is 1.10. The summed E-state index contributed by atoms with van der Waals surface area (Å²) in [5.41, 5.74) is 0.530. The molecule has 2 saturated heterocycles. The molecule has 2 aliphatic heterocycles. The van der Waals surface area contributed by atoms with E-state index in [-0.39, 0.29) is 28.8 Å². The molecule has 0 radical (unpaired) electrons. The summed E-state index contributed by atoms with van der Waals surface area (Å²) in [6, 6.07) is 7.78. The first-order chi connectivity index (χ1) is 13.7. The number of anilines is 1. The summed E-state index contributed by atoms with van der Waals surface area (Å²) in [6.45, 7) is 0. The molecule has 2 atom stereocenters. The summed E-state index contributed by atoms with van der Waals surface area (Å²) in [6.07, 6.45) is -0.0856. The van der Waals surface area contributed by atoms with Gasteiger partial charge in [0.05, 0.1) is 29.7 Å². The number of carbonyl (C=O) groups excluding carboxylic acids is 1. The molecule has 5 nitrogen and oxygen atoms in total. The Bertz CT molecular complexity index is 1100. The fourth-order valence-electron chi connectivity index (χ4n) is 3.45. The van der Waals surface area contributed by atoms with E-state index in [4.69, 9.17) is 0 Å². The average Bonchev–Trinajstić information content (AvgIpc) is 3.08. The lowest BCUT2D eigenvalue weighted by atomic mass is 10.1. The first-order valence-electron chi connectivity index (χ1n) is 8.69. The number of aliphatic imine (C=N–C) groups is 1. The minimum Gasteiger partial charge on any atom is -0.313 e. The van der Waals surface area contributed by atoms with Gasteiger partial charge in [0.15, 0.2) is 15.0 Å².